The number of halogens is 2. The molecule has 1 atom stereocenters. The van der Waals surface area contributed by atoms with Crippen LogP contribution >= 0.6 is 11.6 Å². The first kappa shape index (κ1) is 13.1. The minimum atomic E-state index is -0.523. The average molecular weight is 272 g/mol. The Bertz CT molecular complexity index is 453. The zero-order valence-corrected chi connectivity index (χ0v) is 10.9. The Morgan fingerprint density at radius 1 is 1.61 bits per heavy atom. The van der Waals surface area contributed by atoms with Crippen molar-refractivity contribution >= 4 is 17.5 Å². The van der Waals surface area contributed by atoms with Crippen molar-refractivity contribution in [2.24, 2.45) is 0 Å². The van der Waals surface area contributed by atoms with Gasteiger partial charge in [-0.05, 0) is 31.0 Å². The van der Waals surface area contributed by atoms with Crippen LogP contribution in [0, 0.1) is 5.82 Å². The first-order chi connectivity index (χ1) is 8.67. The third-order valence-electron chi connectivity index (χ3n) is 3.21. The molecule has 1 amide bonds. The summed E-state index contributed by atoms with van der Waals surface area (Å²) in [7, 11) is 1.39. The van der Waals surface area contributed by atoms with Gasteiger partial charge in [0.05, 0.1) is 7.11 Å². The maximum atomic E-state index is 13.6. The summed E-state index contributed by atoms with van der Waals surface area (Å²) in [6.45, 7) is 0.684. The molecule has 0 bridgehead atoms. The van der Waals surface area contributed by atoms with Gasteiger partial charge in [0.15, 0.2) is 11.6 Å². The highest BCUT2D eigenvalue weighted by Gasteiger charge is 2.28. The van der Waals surface area contributed by atoms with Crippen molar-refractivity contribution < 1.29 is 13.9 Å². The van der Waals surface area contributed by atoms with E-state index < -0.39 is 5.82 Å². The Morgan fingerprint density at radius 2 is 2.39 bits per heavy atom. The Labute approximate surface area is 110 Å². The molecule has 0 saturated carbocycles. The van der Waals surface area contributed by atoms with Gasteiger partial charge in [-0.1, -0.05) is 0 Å². The summed E-state index contributed by atoms with van der Waals surface area (Å²) >= 11 is 5.83. The highest BCUT2D eigenvalue weighted by molar-refractivity contribution is 6.18. The lowest BCUT2D eigenvalue weighted by Crippen LogP contribution is -2.36. The van der Waals surface area contributed by atoms with Crippen molar-refractivity contribution in [3.05, 3.63) is 29.6 Å². The fraction of sp³-hybridized carbons (Fsp3) is 0.462. The van der Waals surface area contributed by atoms with E-state index in [1.807, 2.05) is 0 Å². The summed E-state index contributed by atoms with van der Waals surface area (Å²) in [5.41, 5.74) is 0.338. The molecule has 5 heteroatoms. The van der Waals surface area contributed by atoms with Crippen molar-refractivity contribution in [2.45, 2.75) is 18.9 Å². The molecular weight excluding hydrogens is 257 g/mol. The van der Waals surface area contributed by atoms with Gasteiger partial charge in [0.25, 0.3) is 5.91 Å². The zero-order chi connectivity index (χ0) is 13.1. The number of likely N-dealkylation sites (tertiary alicyclic amines) is 1. The van der Waals surface area contributed by atoms with Gasteiger partial charge in [-0.15, -0.1) is 11.6 Å². The molecule has 1 saturated heterocycles. The van der Waals surface area contributed by atoms with Gasteiger partial charge in [0.2, 0.25) is 0 Å². The van der Waals surface area contributed by atoms with Crippen molar-refractivity contribution in [3.63, 3.8) is 0 Å². The molecule has 1 aromatic carbocycles. The van der Waals surface area contributed by atoms with Gasteiger partial charge in [0.1, 0.15) is 0 Å². The highest BCUT2D eigenvalue weighted by Crippen LogP contribution is 2.23. The van der Waals surface area contributed by atoms with Crippen LogP contribution in [0.25, 0.3) is 0 Å². The number of hydrogen-bond donors (Lipinski definition) is 0. The Kier molecular flexibility index (Phi) is 4.07. The summed E-state index contributed by atoms with van der Waals surface area (Å²) in [4.78, 5) is 13.9. The molecule has 1 aliphatic heterocycles. The third kappa shape index (κ3) is 2.43. The molecule has 2 rings (SSSR count). The first-order valence-corrected chi connectivity index (χ1v) is 6.41. The topological polar surface area (TPSA) is 29.5 Å². The van der Waals surface area contributed by atoms with E-state index in [4.69, 9.17) is 16.3 Å². The lowest BCUT2D eigenvalue weighted by molar-refractivity contribution is 0.0748. The number of hydrogen-bond acceptors (Lipinski definition) is 2. The fourth-order valence-corrected chi connectivity index (χ4v) is 2.55. The predicted molar refractivity (Wildman–Crippen MR) is 67.7 cm³/mol. The highest BCUT2D eigenvalue weighted by atomic mass is 35.5. The smallest absolute Gasteiger partial charge is 0.254 e. The molecule has 0 spiro atoms. The maximum absolute atomic E-state index is 13.6. The summed E-state index contributed by atoms with van der Waals surface area (Å²) in [6.07, 6.45) is 1.86. The normalized spacial score (nSPS) is 19.1. The molecule has 1 unspecified atom stereocenters. The number of rotatable bonds is 3. The van der Waals surface area contributed by atoms with Crippen molar-refractivity contribution in [1.82, 2.24) is 4.90 Å². The molecule has 0 aliphatic carbocycles. The minimum absolute atomic E-state index is 0.0596. The van der Waals surface area contributed by atoms with E-state index in [2.05, 4.69) is 0 Å². The lowest BCUT2D eigenvalue weighted by atomic mass is 10.1. The minimum Gasteiger partial charge on any atom is -0.494 e. The van der Waals surface area contributed by atoms with Crippen molar-refractivity contribution in [2.75, 3.05) is 19.5 Å². The van der Waals surface area contributed by atoms with E-state index >= 15 is 0 Å². The van der Waals surface area contributed by atoms with Gasteiger partial charge in [-0.2, -0.15) is 0 Å². The second-order valence-electron chi connectivity index (χ2n) is 4.30. The van der Waals surface area contributed by atoms with E-state index in [9.17, 15) is 9.18 Å². The molecule has 1 heterocycles. The van der Waals surface area contributed by atoms with Crippen LogP contribution in [0.5, 0.6) is 5.75 Å². The second kappa shape index (κ2) is 5.57. The maximum Gasteiger partial charge on any atom is 0.254 e. The molecule has 1 aliphatic rings. The average Bonchev–Trinajstić information content (AvgIpc) is 2.86. The molecule has 3 nitrogen and oxygen atoms in total. The van der Waals surface area contributed by atoms with Gasteiger partial charge >= 0.3 is 0 Å². The molecule has 0 N–H and O–H groups in total. The number of methoxy groups -OCH3 is 1. The summed E-state index contributed by atoms with van der Waals surface area (Å²) in [6, 6.07) is 4.32. The van der Waals surface area contributed by atoms with Crippen LogP contribution in [0.4, 0.5) is 4.39 Å². The summed E-state index contributed by atoms with van der Waals surface area (Å²) in [5.74, 6) is -0.128. The van der Waals surface area contributed by atoms with Gasteiger partial charge in [-0.3, -0.25) is 4.79 Å². The molecule has 98 valence electrons. The summed E-state index contributed by atoms with van der Waals surface area (Å²) < 4.78 is 18.4. The van der Waals surface area contributed by atoms with Crippen LogP contribution in [-0.2, 0) is 0 Å². The van der Waals surface area contributed by atoms with Crippen LogP contribution in [0.15, 0.2) is 18.2 Å². The molecule has 0 radical (unpaired) electrons. The number of carbonyl (C=O) groups is 1. The van der Waals surface area contributed by atoms with Crippen LogP contribution in [0.3, 0.4) is 0 Å². The third-order valence-corrected chi connectivity index (χ3v) is 3.57. The van der Waals surface area contributed by atoms with Crippen LogP contribution in [0.2, 0.25) is 0 Å². The predicted octanol–water partition coefficient (Wildman–Crippen LogP) is 2.68. The van der Waals surface area contributed by atoms with E-state index in [1.165, 1.54) is 19.2 Å². The first-order valence-electron chi connectivity index (χ1n) is 5.88. The SMILES string of the molecule is COc1ccc(C(=O)N2CCCC2CCl)cc1F. The molecule has 0 aromatic heterocycles. The van der Waals surface area contributed by atoms with Gasteiger partial charge in [0, 0.05) is 24.0 Å². The number of carbonyl (C=O) groups excluding carboxylic acids is 1. The largest absolute Gasteiger partial charge is 0.494 e. The number of nitrogens with zero attached hydrogens (tertiary/aromatic N) is 1. The Morgan fingerprint density at radius 3 is 3.00 bits per heavy atom. The number of alkyl halides is 1. The van der Waals surface area contributed by atoms with Crippen molar-refractivity contribution in [1.29, 1.82) is 0 Å². The molecule has 1 fully saturated rings. The molecule has 1 aromatic rings. The van der Waals surface area contributed by atoms with E-state index in [1.54, 1.807) is 11.0 Å². The second-order valence-corrected chi connectivity index (χ2v) is 4.61. The Balaban J connectivity index is 2.21. The van der Waals surface area contributed by atoms with E-state index in [0.29, 0.717) is 18.0 Å². The van der Waals surface area contributed by atoms with Gasteiger partial charge < -0.3 is 9.64 Å². The molecular formula is C13H15ClFNO2. The molecule has 18 heavy (non-hydrogen) atoms. The zero-order valence-electron chi connectivity index (χ0n) is 10.2. The fourth-order valence-electron chi connectivity index (χ4n) is 2.23. The number of amides is 1. The van der Waals surface area contributed by atoms with E-state index in [0.717, 1.165) is 12.8 Å². The van der Waals surface area contributed by atoms with Crippen molar-refractivity contribution in [3.8, 4) is 5.75 Å². The number of benzene rings is 1. The lowest BCUT2D eigenvalue weighted by Gasteiger charge is -2.23. The van der Waals surface area contributed by atoms with Gasteiger partial charge in [-0.25, -0.2) is 4.39 Å². The number of ether oxygens (including phenoxy) is 1. The monoisotopic (exact) mass is 271 g/mol. The van der Waals surface area contributed by atoms with Crippen LogP contribution < -0.4 is 4.74 Å². The quantitative estimate of drug-likeness (QED) is 0.791. The standard InChI is InChI=1S/C13H15ClFNO2/c1-18-12-5-4-9(7-11(12)15)13(17)16-6-2-3-10(16)8-14/h4-5,7,10H,2-3,6,8H2,1H3. The summed E-state index contributed by atoms with van der Waals surface area (Å²) in [5, 5.41) is 0. The van der Waals surface area contributed by atoms with Crippen LogP contribution in [0.1, 0.15) is 23.2 Å². The Hall–Kier alpha value is -1.29. The van der Waals surface area contributed by atoms with E-state index in [-0.39, 0.29) is 17.7 Å². The van der Waals surface area contributed by atoms with Crippen LogP contribution in [-0.4, -0.2) is 36.4 Å².